The number of hydrogen-bond acceptors (Lipinski definition) is 5. The van der Waals surface area contributed by atoms with Crippen molar-refractivity contribution in [3.05, 3.63) is 48.5 Å². The van der Waals surface area contributed by atoms with Gasteiger partial charge in [0.25, 0.3) is 0 Å². The number of nitrogens with zero attached hydrogens (tertiary/aromatic N) is 1. The van der Waals surface area contributed by atoms with Crippen LogP contribution in [0.25, 0.3) is 0 Å². The summed E-state index contributed by atoms with van der Waals surface area (Å²) in [4.78, 5) is 0.247. The molecule has 24 heavy (non-hydrogen) atoms. The van der Waals surface area contributed by atoms with Crippen LogP contribution in [0.1, 0.15) is 0 Å². The summed E-state index contributed by atoms with van der Waals surface area (Å²) >= 11 is 0. The summed E-state index contributed by atoms with van der Waals surface area (Å²) in [5.41, 5.74) is 0. The minimum absolute atomic E-state index is 0.247. The average molecular weight is 349 g/mol. The van der Waals surface area contributed by atoms with Crippen LogP contribution in [-0.4, -0.2) is 46.1 Å². The van der Waals surface area contributed by atoms with Crippen molar-refractivity contribution in [3.8, 4) is 17.2 Å². The minimum Gasteiger partial charge on any atom is -0.493 e. The molecule has 0 aliphatic carbocycles. The predicted octanol–water partition coefficient (Wildman–Crippen LogP) is 2.51. The van der Waals surface area contributed by atoms with Crippen LogP contribution in [0.3, 0.4) is 0 Å². The lowest BCUT2D eigenvalue weighted by atomic mass is 10.3. The second-order valence-electron chi connectivity index (χ2n) is 5.24. The predicted molar refractivity (Wildman–Crippen MR) is 89.1 cm³/mol. The van der Waals surface area contributed by atoms with Crippen molar-refractivity contribution in [1.29, 1.82) is 0 Å². The maximum Gasteiger partial charge on any atom is 0.243 e. The van der Waals surface area contributed by atoms with Gasteiger partial charge in [-0.25, -0.2) is 8.42 Å². The van der Waals surface area contributed by atoms with Gasteiger partial charge in [0.1, 0.15) is 5.75 Å². The van der Waals surface area contributed by atoms with Gasteiger partial charge < -0.3 is 14.2 Å². The van der Waals surface area contributed by atoms with Gasteiger partial charge in [-0.3, -0.25) is 0 Å². The van der Waals surface area contributed by atoms with Gasteiger partial charge in [-0.1, -0.05) is 12.1 Å². The summed E-state index contributed by atoms with van der Waals surface area (Å²) in [7, 11) is -1.92. The number of ether oxygens (including phenoxy) is 3. The van der Waals surface area contributed by atoms with E-state index in [9.17, 15) is 8.42 Å². The molecule has 0 spiro atoms. The fourth-order valence-corrected chi connectivity index (χ4v) is 3.85. The largest absolute Gasteiger partial charge is 0.493 e. The third kappa shape index (κ3) is 3.53. The maximum atomic E-state index is 12.6. The van der Waals surface area contributed by atoms with Crippen LogP contribution in [0.5, 0.6) is 17.2 Å². The molecule has 0 saturated carbocycles. The zero-order valence-electron chi connectivity index (χ0n) is 13.3. The van der Waals surface area contributed by atoms with Crippen molar-refractivity contribution in [2.24, 2.45) is 0 Å². The normalized spacial score (nSPS) is 15.9. The van der Waals surface area contributed by atoms with Gasteiger partial charge in [0.05, 0.1) is 25.2 Å². The first kappa shape index (κ1) is 16.8. The minimum atomic E-state index is -3.49. The number of rotatable bonds is 5. The van der Waals surface area contributed by atoms with E-state index < -0.39 is 10.0 Å². The van der Waals surface area contributed by atoms with Gasteiger partial charge in [-0.15, -0.1) is 0 Å². The lowest BCUT2D eigenvalue weighted by molar-refractivity contribution is 0.0730. The first-order valence-electron chi connectivity index (χ1n) is 7.60. The molecular weight excluding hydrogens is 330 g/mol. The Morgan fingerprint density at radius 2 is 1.58 bits per heavy atom. The van der Waals surface area contributed by atoms with Crippen LogP contribution in [0, 0.1) is 0 Å². The van der Waals surface area contributed by atoms with Crippen LogP contribution in [-0.2, 0) is 14.8 Å². The SMILES string of the molecule is COc1ccccc1Oc1ccc(S(=O)(=O)N2CCOCC2)cc1. The molecule has 1 saturated heterocycles. The Morgan fingerprint density at radius 1 is 0.958 bits per heavy atom. The lowest BCUT2D eigenvalue weighted by Crippen LogP contribution is -2.40. The van der Waals surface area contributed by atoms with Crippen LogP contribution >= 0.6 is 0 Å². The van der Waals surface area contributed by atoms with Crippen LogP contribution in [0.4, 0.5) is 0 Å². The molecule has 6 nitrogen and oxygen atoms in total. The van der Waals surface area contributed by atoms with Crippen LogP contribution in [0.15, 0.2) is 53.4 Å². The van der Waals surface area contributed by atoms with Crippen molar-refractivity contribution in [2.75, 3.05) is 33.4 Å². The van der Waals surface area contributed by atoms with E-state index >= 15 is 0 Å². The van der Waals surface area contributed by atoms with Crippen molar-refractivity contribution < 1.29 is 22.6 Å². The molecule has 1 aliphatic heterocycles. The Labute approximate surface area is 141 Å². The van der Waals surface area contributed by atoms with Gasteiger partial charge in [0.15, 0.2) is 11.5 Å². The Kier molecular flexibility index (Phi) is 5.03. The van der Waals surface area contributed by atoms with Crippen molar-refractivity contribution >= 4 is 10.0 Å². The molecule has 0 atom stereocenters. The quantitative estimate of drug-likeness (QED) is 0.830. The van der Waals surface area contributed by atoms with E-state index in [2.05, 4.69) is 0 Å². The molecular formula is C17H19NO5S. The topological polar surface area (TPSA) is 65.1 Å². The average Bonchev–Trinajstić information content (AvgIpc) is 2.63. The zero-order valence-corrected chi connectivity index (χ0v) is 14.2. The second-order valence-corrected chi connectivity index (χ2v) is 7.18. The Hall–Kier alpha value is -2.09. The maximum absolute atomic E-state index is 12.6. The molecule has 0 unspecified atom stereocenters. The number of morpholine rings is 1. The lowest BCUT2D eigenvalue weighted by Gasteiger charge is -2.26. The highest BCUT2D eigenvalue weighted by atomic mass is 32.2. The highest BCUT2D eigenvalue weighted by Crippen LogP contribution is 2.31. The van der Waals surface area contributed by atoms with Gasteiger partial charge in [0.2, 0.25) is 10.0 Å². The van der Waals surface area contributed by atoms with Gasteiger partial charge in [0, 0.05) is 13.1 Å². The molecule has 0 radical (unpaired) electrons. The Morgan fingerprint density at radius 3 is 2.21 bits per heavy atom. The fourth-order valence-electron chi connectivity index (χ4n) is 2.45. The summed E-state index contributed by atoms with van der Waals surface area (Å²) in [6, 6.07) is 13.7. The molecule has 1 aliphatic rings. The molecule has 3 rings (SSSR count). The van der Waals surface area contributed by atoms with Crippen LogP contribution < -0.4 is 9.47 Å². The molecule has 1 fully saturated rings. The number of para-hydroxylation sites is 2. The Bertz CT molecular complexity index is 783. The summed E-state index contributed by atoms with van der Waals surface area (Å²) in [6.45, 7) is 1.60. The van der Waals surface area contributed by atoms with Gasteiger partial charge in [-0.05, 0) is 36.4 Å². The first-order valence-corrected chi connectivity index (χ1v) is 9.04. The Balaban J connectivity index is 1.78. The molecule has 1 heterocycles. The van der Waals surface area contributed by atoms with Crippen molar-refractivity contribution in [2.45, 2.75) is 4.90 Å². The van der Waals surface area contributed by atoms with Crippen molar-refractivity contribution in [3.63, 3.8) is 0 Å². The highest BCUT2D eigenvalue weighted by Gasteiger charge is 2.26. The first-order chi connectivity index (χ1) is 11.6. The summed E-state index contributed by atoms with van der Waals surface area (Å²) in [5, 5.41) is 0. The molecule has 0 amide bonds. The molecule has 2 aromatic carbocycles. The molecule has 2 aromatic rings. The number of benzene rings is 2. The van der Waals surface area contributed by atoms with Crippen molar-refractivity contribution in [1.82, 2.24) is 4.31 Å². The highest BCUT2D eigenvalue weighted by molar-refractivity contribution is 7.89. The van der Waals surface area contributed by atoms with E-state index in [-0.39, 0.29) is 4.90 Å². The third-order valence-corrected chi connectivity index (χ3v) is 5.64. The molecule has 0 N–H and O–H groups in total. The van der Waals surface area contributed by atoms with E-state index in [1.807, 2.05) is 12.1 Å². The number of sulfonamides is 1. The van der Waals surface area contributed by atoms with E-state index in [4.69, 9.17) is 14.2 Å². The molecule has 0 aromatic heterocycles. The monoisotopic (exact) mass is 349 g/mol. The molecule has 0 bridgehead atoms. The van der Waals surface area contributed by atoms with Gasteiger partial charge >= 0.3 is 0 Å². The third-order valence-electron chi connectivity index (χ3n) is 3.73. The van der Waals surface area contributed by atoms with Crippen LogP contribution in [0.2, 0.25) is 0 Å². The smallest absolute Gasteiger partial charge is 0.243 e. The van der Waals surface area contributed by atoms with E-state index in [1.165, 1.54) is 4.31 Å². The molecule has 7 heteroatoms. The summed E-state index contributed by atoms with van der Waals surface area (Å²) < 4.78 is 42.8. The zero-order chi connectivity index (χ0) is 17.0. The standard InChI is InChI=1S/C17H19NO5S/c1-21-16-4-2-3-5-17(16)23-14-6-8-15(9-7-14)24(19,20)18-10-12-22-13-11-18/h2-9H,10-13H2,1H3. The summed E-state index contributed by atoms with van der Waals surface area (Å²) in [6.07, 6.45) is 0. The summed E-state index contributed by atoms with van der Waals surface area (Å²) in [5.74, 6) is 1.73. The van der Waals surface area contributed by atoms with E-state index in [1.54, 1.807) is 43.5 Å². The number of hydrogen-bond donors (Lipinski definition) is 0. The molecule has 128 valence electrons. The van der Waals surface area contributed by atoms with E-state index in [0.717, 1.165) is 0 Å². The number of methoxy groups -OCH3 is 1. The fraction of sp³-hybridized carbons (Fsp3) is 0.294. The second kappa shape index (κ2) is 7.21. The van der Waals surface area contributed by atoms with Gasteiger partial charge in [-0.2, -0.15) is 4.31 Å². The van der Waals surface area contributed by atoms with E-state index in [0.29, 0.717) is 43.6 Å².